The number of carbonyl (C=O) groups excluding carboxylic acids is 2. The van der Waals surface area contributed by atoms with E-state index in [1.54, 1.807) is 0 Å². The van der Waals surface area contributed by atoms with E-state index in [4.69, 9.17) is 18.5 Å². The zero-order valence-electron chi connectivity index (χ0n) is 24.6. The van der Waals surface area contributed by atoms with Crippen LogP contribution in [0.2, 0.25) is 0 Å². The smallest absolute Gasteiger partial charge is 0.472 e. The molecule has 2 atom stereocenters. The molecule has 0 fully saturated rings. The Bertz CT molecular complexity index is 810. The third-order valence-electron chi connectivity index (χ3n) is 6.28. The van der Waals surface area contributed by atoms with Gasteiger partial charge in [0.1, 0.15) is 19.8 Å². The highest BCUT2D eigenvalue weighted by molar-refractivity contribution is 7.47. The Morgan fingerprint density at radius 3 is 2.00 bits per heavy atom. The third-order valence-corrected chi connectivity index (χ3v) is 7.26. The van der Waals surface area contributed by atoms with E-state index in [2.05, 4.69) is 11.9 Å². The van der Waals surface area contributed by atoms with Crippen LogP contribution < -0.4 is 0 Å². The third kappa shape index (κ3) is 20.0. The molecule has 0 saturated heterocycles. The maximum atomic E-state index is 12.2. The van der Waals surface area contributed by atoms with Gasteiger partial charge < -0.3 is 18.9 Å². The molecule has 10 nitrogen and oxygen atoms in total. The van der Waals surface area contributed by atoms with Gasteiger partial charge in [-0.25, -0.2) is 9.56 Å². The molecule has 0 radical (unpaired) electrons. The lowest BCUT2D eigenvalue weighted by Crippen LogP contribution is -2.37. The van der Waals surface area contributed by atoms with Gasteiger partial charge in [-0.1, -0.05) is 84.0 Å². The van der Waals surface area contributed by atoms with E-state index in [0.29, 0.717) is 11.0 Å². The van der Waals surface area contributed by atoms with Crippen molar-refractivity contribution < 1.29 is 42.1 Å². The van der Waals surface area contributed by atoms with Crippen LogP contribution in [0.25, 0.3) is 0 Å². The molecule has 1 rings (SSSR count). The molecular weight excluding hydrogens is 523 g/mol. The molecule has 0 aromatic carbocycles. The molecule has 1 aliphatic heterocycles. The molecule has 1 N–H and O–H groups in total. The number of amides is 1. The highest BCUT2D eigenvalue weighted by Crippen LogP contribution is 2.43. The number of phosphoric ester groups is 1. The number of ether oxygens (including phenoxy) is 2. The molecule has 0 aliphatic carbocycles. The van der Waals surface area contributed by atoms with Gasteiger partial charge in [-0.15, -0.1) is 0 Å². The van der Waals surface area contributed by atoms with Crippen molar-refractivity contribution in [2.24, 2.45) is 4.99 Å². The van der Waals surface area contributed by atoms with Crippen LogP contribution >= 0.6 is 7.82 Å². The van der Waals surface area contributed by atoms with Crippen molar-refractivity contribution >= 4 is 25.9 Å². The lowest BCUT2D eigenvalue weighted by molar-refractivity contribution is -0.870. The van der Waals surface area contributed by atoms with E-state index in [1.165, 1.54) is 76.5 Å². The first-order chi connectivity index (χ1) is 18.5. The topological polar surface area (TPSA) is 121 Å². The summed E-state index contributed by atoms with van der Waals surface area (Å²) in [7, 11) is 1.43. The van der Waals surface area contributed by atoms with Crippen LogP contribution in [0.1, 0.15) is 96.8 Å². The first-order valence-electron chi connectivity index (χ1n) is 14.6. The van der Waals surface area contributed by atoms with E-state index >= 15 is 0 Å². The average Bonchev–Trinajstić information content (AvgIpc) is 3.26. The molecule has 0 saturated carbocycles. The molecule has 226 valence electrons. The van der Waals surface area contributed by atoms with Crippen molar-refractivity contribution in [3.8, 4) is 0 Å². The van der Waals surface area contributed by atoms with Crippen molar-refractivity contribution in [1.82, 2.24) is 0 Å². The molecule has 1 amide bonds. The summed E-state index contributed by atoms with van der Waals surface area (Å²) >= 11 is 0. The van der Waals surface area contributed by atoms with Gasteiger partial charge in [-0.05, 0) is 6.42 Å². The van der Waals surface area contributed by atoms with E-state index in [0.717, 1.165) is 19.3 Å². The predicted molar refractivity (Wildman–Crippen MR) is 152 cm³/mol. The Morgan fingerprint density at radius 1 is 0.923 bits per heavy atom. The lowest BCUT2D eigenvalue weighted by atomic mass is 10.0. The first kappa shape index (κ1) is 35.4. The van der Waals surface area contributed by atoms with Crippen LogP contribution in [0.5, 0.6) is 0 Å². The molecule has 2 unspecified atom stereocenters. The summed E-state index contributed by atoms with van der Waals surface area (Å²) in [5.74, 6) is -1.01. The Morgan fingerprint density at radius 2 is 1.49 bits per heavy atom. The van der Waals surface area contributed by atoms with Crippen LogP contribution in [-0.4, -0.2) is 81.1 Å². The number of hydrogen-bond donors (Lipinski definition) is 1. The number of allylic oxidation sites excluding steroid dienone is 1. The minimum atomic E-state index is -4.35. The molecule has 0 aromatic heterocycles. The summed E-state index contributed by atoms with van der Waals surface area (Å²) in [4.78, 5) is 37.5. The molecule has 0 aromatic rings. The summed E-state index contributed by atoms with van der Waals surface area (Å²) in [5.41, 5.74) is 0. The van der Waals surface area contributed by atoms with Crippen LogP contribution in [0, 0.1) is 0 Å². The van der Waals surface area contributed by atoms with Crippen molar-refractivity contribution in [3.05, 3.63) is 11.8 Å². The fourth-order valence-corrected chi connectivity index (χ4v) is 4.62. The van der Waals surface area contributed by atoms with Crippen molar-refractivity contribution in [2.75, 3.05) is 47.5 Å². The van der Waals surface area contributed by atoms with Crippen LogP contribution in [0.15, 0.2) is 16.8 Å². The number of quaternary nitrogens is 1. The standard InChI is InChI=1S/C28H51N2O8P/c1-5-6-7-8-9-10-11-12-13-14-15-16-17-18-27(31)35-23-25(38-26-19-20-29-28(26)32)24-37-39(33,34)36-22-21-30(2,3)4/h19-20,25H,5-18,21-24H2,1-4H3/p+1. The second-order valence-electron chi connectivity index (χ2n) is 11.1. The normalized spacial score (nSPS) is 15.7. The number of nitrogens with zero attached hydrogens (tertiary/aromatic N) is 2. The highest BCUT2D eigenvalue weighted by Gasteiger charge is 2.27. The molecule has 0 bridgehead atoms. The van der Waals surface area contributed by atoms with Gasteiger partial charge in [0, 0.05) is 18.7 Å². The maximum absolute atomic E-state index is 12.2. The van der Waals surface area contributed by atoms with E-state index < -0.39 is 26.4 Å². The zero-order valence-corrected chi connectivity index (χ0v) is 25.5. The number of aliphatic imine (C=N–C) groups is 1. The van der Waals surface area contributed by atoms with Gasteiger partial charge in [0.2, 0.25) is 0 Å². The fourth-order valence-electron chi connectivity index (χ4n) is 3.88. The second kappa shape index (κ2) is 20.3. The van der Waals surface area contributed by atoms with Gasteiger partial charge >= 0.3 is 19.7 Å². The SMILES string of the molecule is CCCCCCCCCCCCCCCC(=O)OCC(COP(=O)(O)OCC[N+](C)(C)C)OC1=CC=NC1=O. The van der Waals surface area contributed by atoms with Crippen LogP contribution in [0.4, 0.5) is 0 Å². The summed E-state index contributed by atoms with van der Waals surface area (Å²) in [6.07, 6.45) is 17.9. The maximum Gasteiger partial charge on any atom is 0.472 e. The summed E-state index contributed by atoms with van der Waals surface area (Å²) in [5, 5.41) is 0. The van der Waals surface area contributed by atoms with Crippen LogP contribution in [0.3, 0.4) is 0 Å². The minimum absolute atomic E-state index is 0.0222. The Labute approximate surface area is 235 Å². The molecular formula is C28H52N2O8P+. The van der Waals surface area contributed by atoms with Crippen molar-refractivity contribution in [1.29, 1.82) is 0 Å². The monoisotopic (exact) mass is 575 g/mol. The predicted octanol–water partition coefficient (Wildman–Crippen LogP) is 5.73. The number of carbonyl (C=O) groups is 2. The summed E-state index contributed by atoms with van der Waals surface area (Å²) < 4.78 is 33.7. The van der Waals surface area contributed by atoms with E-state index in [-0.39, 0.29) is 31.4 Å². The molecule has 1 aliphatic rings. The fraction of sp³-hybridized carbons (Fsp3) is 0.821. The Balaban J connectivity index is 2.26. The zero-order chi connectivity index (χ0) is 29.0. The summed E-state index contributed by atoms with van der Waals surface area (Å²) in [6, 6.07) is 0. The minimum Gasteiger partial charge on any atom is -0.478 e. The van der Waals surface area contributed by atoms with Gasteiger partial charge in [0.05, 0.1) is 27.7 Å². The Kier molecular flexibility index (Phi) is 18.5. The Hall–Kier alpha value is -1.58. The number of unbranched alkanes of at least 4 members (excludes halogenated alkanes) is 12. The second-order valence-corrected chi connectivity index (χ2v) is 12.6. The van der Waals surface area contributed by atoms with Crippen LogP contribution in [-0.2, 0) is 32.7 Å². The largest absolute Gasteiger partial charge is 0.478 e. The molecule has 11 heteroatoms. The van der Waals surface area contributed by atoms with Gasteiger partial charge in [-0.2, -0.15) is 0 Å². The number of esters is 1. The summed E-state index contributed by atoms with van der Waals surface area (Å²) in [6.45, 7) is 2.12. The number of likely N-dealkylation sites (N-methyl/N-ethyl adjacent to an activating group) is 1. The number of rotatable bonds is 25. The molecule has 1 heterocycles. The van der Waals surface area contributed by atoms with Crippen molar-refractivity contribution in [3.63, 3.8) is 0 Å². The van der Waals surface area contributed by atoms with Gasteiger partial charge in [0.15, 0.2) is 11.9 Å². The first-order valence-corrected chi connectivity index (χ1v) is 16.1. The van der Waals surface area contributed by atoms with E-state index in [1.807, 2.05) is 21.1 Å². The lowest BCUT2D eigenvalue weighted by Gasteiger charge is -2.24. The number of phosphoric acid groups is 1. The number of hydrogen-bond acceptors (Lipinski definition) is 7. The van der Waals surface area contributed by atoms with Gasteiger partial charge in [-0.3, -0.25) is 18.6 Å². The molecule has 0 spiro atoms. The van der Waals surface area contributed by atoms with E-state index in [9.17, 15) is 19.0 Å². The van der Waals surface area contributed by atoms with Gasteiger partial charge in [0.25, 0.3) is 0 Å². The highest BCUT2D eigenvalue weighted by atomic mass is 31.2. The molecule has 39 heavy (non-hydrogen) atoms. The average molecular weight is 576 g/mol. The quantitative estimate of drug-likeness (QED) is 0.0634. The van der Waals surface area contributed by atoms with Crippen molar-refractivity contribution in [2.45, 2.75) is 103 Å².